The summed E-state index contributed by atoms with van der Waals surface area (Å²) in [6.45, 7) is 5.78. The van der Waals surface area contributed by atoms with Gasteiger partial charge in [0.05, 0.1) is 6.10 Å². The van der Waals surface area contributed by atoms with Gasteiger partial charge in [-0.25, -0.2) is 0 Å². The second kappa shape index (κ2) is 5.40. The van der Waals surface area contributed by atoms with Crippen molar-refractivity contribution in [1.29, 1.82) is 0 Å². The van der Waals surface area contributed by atoms with Crippen molar-refractivity contribution in [3.63, 3.8) is 0 Å². The number of hydrogen-bond donors (Lipinski definition) is 1. The van der Waals surface area contributed by atoms with E-state index in [9.17, 15) is 5.11 Å². The maximum atomic E-state index is 10.7. The number of fused-ring (bicyclic) bond motifs is 1. The normalized spacial score (nSPS) is 31.2. The molecule has 3 rings (SSSR count). The van der Waals surface area contributed by atoms with Crippen LogP contribution in [0.4, 0.5) is 5.69 Å². The Morgan fingerprint density at radius 3 is 2.75 bits per heavy atom. The Bertz CT molecular complexity index is 484. The van der Waals surface area contributed by atoms with Gasteiger partial charge in [-0.15, -0.1) is 0 Å². The van der Waals surface area contributed by atoms with Crippen LogP contribution >= 0.6 is 0 Å². The molecule has 0 spiro atoms. The van der Waals surface area contributed by atoms with E-state index >= 15 is 0 Å². The van der Waals surface area contributed by atoms with E-state index in [0.717, 1.165) is 30.4 Å². The summed E-state index contributed by atoms with van der Waals surface area (Å²) in [6, 6.07) is 6.57. The Hall–Kier alpha value is -1.02. The number of likely N-dealkylation sites (N-methyl/N-ethyl adjacent to an activating group) is 1. The third-order valence-corrected chi connectivity index (χ3v) is 5.66. The van der Waals surface area contributed by atoms with Crippen molar-refractivity contribution in [3.8, 4) is 0 Å². The van der Waals surface area contributed by atoms with Gasteiger partial charge in [0, 0.05) is 19.3 Å². The van der Waals surface area contributed by atoms with Crippen LogP contribution in [0, 0.1) is 17.8 Å². The third kappa shape index (κ3) is 2.46. The first-order chi connectivity index (χ1) is 9.56. The Labute approximate surface area is 122 Å². The van der Waals surface area contributed by atoms with E-state index in [1.54, 1.807) is 0 Å². The molecule has 20 heavy (non-hydrogen) atoms. The van der Waals surface area contributed by atoms with Crippen molar-refractivity contribution >= 4 is 5.69 Å². The number of benzene rings is 1. The van der Waals surface area contributed by atoms with E-state index in [1.165, 1.54) is 30.5 Å². The van der Waals surface area contributed by atoms with Gasteiger partial charge < -0.3 is 10.0 Å². The summed E-state index contributed by atoms with van der Waals surface area (Å²) in [6.07, 6.45) is 4.44. The lowest BCUT2D eigenvalue weighted by molar-refractivity contribution is 0.0561. The molecule has 1 N–H and O–H groups in total. The molecule has 1 aliphatic carbocycles. The van der Waals surface area contributed by atoms with Crippen LogP contribution in [0.3, 0.4) is 0 Å². The van der Waals surface area contributed by atoms with Gasteiger partial charge in [0.15, 0.2) is 0 Å². The summed E-state index contributed by atoms with van der Waals surface area (Å²) in [4.78, 5) is 2.30. The lowest BCUT2D eigenvalue weighted by Gasteiger charge is -2.35. The van der Waals surface area contributed by atoms with Crippen LogP contribution < -0.4 is 4.90 Å². The van der Waals surface area contributed by atoms with Crippen LogP contribution in [-0.2, 0) is 6.42 Å². The molecule has 1 fully saturated rings. The highest BCUT2D eigenvalue weighted by molar-refractivity contribution is 5.58. The van der Waals surface area contributed by atoms with Crippen molar-refractivity contribution in [2.45, 2.75) is 45.6 Å². The molecule has 1 aromatic rings. The molecule has 0 radical (unpaired) electrons. The molecule has 2 heteroatoms. The molecule has 2 aliphatic rings. The number of hydrogen-bond acceptors (Lipinski definition) is 2. The van der Waals surface area contributed by atoms with Crippen molar-refractivity contribution < 1.29 is 5.11 Å². The number of aliphatic hydroxyl groups is 1. The van der Waals surface area contributed by atoms with E-state index in [-0.39, 0.29) is 6.10 Å². The quantitative estimate of drug-likeness (QED) is 0.886. The van der Waals surface area contributed by atoms with E-state index < -0.39 is 0 Å². The summed E-state index contributed by atoms with van der Waals surface area (Å²) in [5.41, 5.74) is 3.87. The third-order valence-electron chi connectivity index (χ3n) is 5.66. The van der Waals surface area contributed by atoms with Crippen LogP contribution in [0.15, 0.2) is 18.2 Å². The van der Waals surface area contributed by atoms with Crippen LogP contribution in [-0.4, -0.2) is 18.7 Å². The minimum Gasteiger partial charge on any atom is -0.388 e. The number of anilines is 1. The predicted octanol–water partition coefficient (Wildman–Crippen LogP) is 3.78. The zero-order valence-electron chi connectivity index (χ0n) is 13.0. The summed E-state index contributed by atoms with van der Waals surface area (Å²) in [5, 5.41) is 10.7. The first kappa shape index (κ1) is 13.9. The fourth-order valence-corrected chi connectivity index (χ4v) is 3.92. The van der Waals surface area contributed by atoms with E-state index in [2.05, 4.69) is 44.0 Å². The van der Waals surface area contributed by atoms with Crippen LogP contribution in [0.2, 0.25) is 0 Å². The fourth-order valence-electron chi connectivity index (χ4n) is 3.92. The van der Waals surface area contributed by atoms with Crippen LogP contribution in [0.5, 0.6) is 0 Å². The van der Waals surface area contributed by atoms with Gasteiger partial charge in [-0.2, -0.15) is 0 Å². The van der Waals surface area contributed by atoms with E-state index in [4.69, 9.17) is 0 Å². The lowest BCUT2D eigenvalue weighted by Crippen LogP contribution is -2.25. The van der Waals surface area contributed by atoms with Gasteiger partial charge >= 0.3 is 0 Å². The molecular formula is C18H27NO. The van der Waals surface area contributed by atoms with Crippen LogP contribution in [0.1, 0.15) is 50.3 Å². The van der Waals surface area contributed by atoms with Gasteiger partial charge in [0.1, 0.15) is 0 Å². The lowest BCUT2D eigenvalue weighted by atomic mass is 9.73. The van der Waals surface area contributed by atoms with E-state index in [1.807, 2.05) is 0 Å². The second-order valence-corrected chi connectivity index (χ2v) is 7.03. The summed E-state index contributed by atoms with van der Waals surface area (Å²) in [5.74, 6) is 1.99. The summed E-state index contributed by atoms with van der Waals surface area (Å²) >= 11 is 0. The SMILES string of the molecule is CC1CCC(C(O)c2ccc3c(c2)CCN3C)CC1C. The first-order valence-electron chi connectivity index (χ1n) is 8.08. The molecule has 0 bridgehead atoms. The molecular weight excluding hydrogens is 246 g/mol. The number of aliphatic hydroxyl groups excluding tert-OH is 1. The zero-order valence-corrected chi connectivity index (χ0v) is 13.0. The highest BCUT2D eigenvalue weighted by atomic mass is 16.3. The Morgan fingerprint density at radius 2 is 2.00 bits per heavy atom. The molecule has 0 saturated heterocycles. The zero-order chi connectivity index (χ0) is 14.3. The van der Waals surface area contributed by atoms with Crippen molar-refractivity contribution in [3.05, 3.63) is 29.3 Å². The van der Waals surface area contributed by atoms with Gasteiger partial charge in [-0.3, -0.25) is 0 Å². The van der Waals surface area contributed by atoms with Crippen LogP contribution in [0.25, 0.3) is 0 Å². The smallest absolute Gasteiger partial charge is 0.0818 e. The van der Waals surface area contributed by atoms with Gasteiger partial charge in [0.25, 0.3) is 0 Å². The minimum absolute atomic E-state index is 0.277. The predicted molar refractivity (Wildman–Crippen MR) is 84.0 cm³/mol. The second-order valence-electron chi connectivity index (χ2n) is 7.03. The molecule has 4 atom stereocenters. The molecule has 4 unspecified atom stereocenters. The monoisotopic (exact) mass is 273 g/mol. The average molecular weight is 273 g/mol. The molecule has 2 nitrogen and oxygen atoms in total. The molecule has 1 saturated carbocycles. The Morgan fingerprint density at radius 1 is 1.20 bits per heavy atom. The average Bonchev–Trinajstić information content (AvgIpc) is 2.82. The topological polar surface area (TPSA) is 23.5 Å². The first-order valence-corrected chi connectivity index (χ1v) is 8.08. The largest absolute Gasteiger partial charge is 0.388 e. The van der Waals surface area contributed by atoms with Crippen molar-refractivity contribution in [1.82, 2.24) is 0 Å². The fraction of sp³-hybridized carbons (Fsp3) is 0.667. The summed E-state index contributed by atoms with van der Waals surface area (Å²) in [7, 11) is 2.14. The minimum atomic E-state index is -0.277. The summed E-state index contributed by atoms with van der Waals surface area (Å²) < 4.78 is 0. The molecule has 1 aliphatic heterocycles. The van der Waals surface area contributed by atoms with E-state index in [0.29, 0.717) is 5.92 Å². The van der Waals surface area contributed by atoms with Crippen molar-refractivity contribution in [2.75, 3.05) is 18.5 Å². The number of rotatable bonds is 2. The molecule has 1 aromatic carbocycles. The number of nitrogens with zero attached hydrogens (tertiary/aromatic N) is 1. The van der Waals surface area contributed by atoms with Gasteiger partial charge in [-0.1, -0.05) is 32.4 Å². The molecule has 1 heterocycles. The van der Waals surface area contributed by atoms with Gasteiger partial charge in [-0.05, 0) is 54.2 Å². The maximum absolute atomic E-state index is 10.7. The maximum Gasteiger partial charge on any atom is 0.0818 e. The highest BCUT2D eigenvalue weighted by Gasteiger charge is 2.30. The van der Waals surface area contributed by atoms with Crippen molar-refractivity contribution in [2.24, 2.45) is 17.8 Å². The molecule has 0 amide bonds. The highest BCUT2D eigenvalue weighted by Crippen LogP contribution is 2.40. The Kier molecular flexibility index (Phi) is 3.76. The Balaban J connectivity index is 1.76. The standard InChI is InChI=1S/C18H27NO/c1-12-4-5-15(10-13(12)2)18(20)16-6-7-17-14(11-16)8-9-19(17)3/h6-7,11-13,15,18,20H,4-5,8-10H2,1-3H3. The molecule has 110 valence electrons. The van der Waals surface area contributed by atoms with Gasteiger partial charge in [0.2, 0.25) is 0 Å². The molecule has 0 aromatic heterocycles.